The van der Waals surface area contributed by atoms with E-state index in [4.69, 9.17) is 10.8 Å². The maximum Gasteiger partial charge on any atom is 0.0443 e. The molecule has 1 aromatic carbocycles. The van der Waals surface area contributed by atoms with Crippen molar-refractivity contribution >= 4 is 0 Å². The first kappa shape index (κ1) is 26.4. The van der Waals surface area contributed by atoms with E-state index in [-0.39, 0.29) is 6.61 Å². The van der Waals surface area contributed by atoms with Gasteiger partial charge in [0, 0.05) is 6.61 Å². The SMILES string of the molecule is CCC.CCC(CC(C)(C)C(C)CC)c1ccccc1.NCCCO. The fourth-order valence-electron chi connectivity index (χ4n) is 2.70. The van der Waals surface area contributed by atoms with Crippen LogP contribution in [0.1, 0.15) is 92.1 Å². The Balaban J connectivity index is 0. The summed E-state index contributed by atoms with van der Waals surface area (Å²) in [5.74, 6) is 1.50. The van der Waals surface area contributed by atoms with Gasteiger partial charge >= 0.3 is 0 Å². The summed E-state index contributed by atoms with van der Waals surface area (Å²) in [6.45, 7) is 16.9. The van der Waals surface area contributed by atoms with Crippen LogP contribution in [0.2, 0.25) is 0 Å². The molecule has 1 rings (SSSR count). The molecule has 0 aliphatic heterocycles. The van der Waals surface area contributed by atoms with Crippen molar-refractivity contribution in [2.75, 3.05) is 13.2 Å². The Hall–Kier alpha value is -0.860. The van der Waals surface area contributed by atoms with Gasteiger partial charge in [0.1, 0.15) is 0 Å². The van der Waals surface area contributed by atoms with Crippen molar-refractivity contribution in [3.8, 4) is 0 Å². The van der Waals surface area contributed by atoms with Gasteiger partial charge in [0.05, 0.1) is 0 Å². The van der Waals surface area contributed by atoms with Gasteiger partial charge in [-0.25, -0.2) is 0 Å². The highest BCUT2D eigenvalue weighted by Gasteiger charge is 2.28. The number of aliphatic hydroxyl groups excluding tert-OH is 1. The average molecular weight is 352 g/mol. The zero-order chi connectivity index (χ0) is 19.7. The molecule has 2 unspecified atom stereocenters. The van der Waals surface area contributed by atoms with Gasteiger partial charge in [-0.3, -0.25) is 0 Å². The first-order valence-corrected chi connectivity index (χ1v) is 10.2. The maximum absolute atomic E-state index is 7.99. The summed E-state index contributed by atoms with van der Waals surface area (Å²) in [5, 5.41) is 7.99. The molecule has 148 valence electrons. The van der Waals surface area contributed by atoms with E-state index in [1.165, 1.54) is 31.2 Å². The van der Waals surface area contributed by atoms with Crippen molar-refractivity contribution in [2.24, 2.45) is 17.1 Å². The van der Waals surface area contributed by atoms with Crippen LogP contribution in [0.3, 0.4) is 0 Å². The molecular weight excluding hydrogens is 306 g/mol. The van der Waals surface area contributed by atoms with E-state index >= 15 is 0 Å². The van der Waals surface area contributed by atoms with Gasteiger partial charge in [-0.1, -0.05) is 91.6 Å². The minimum Gasteiger partial charge on any atom is -0.396 e. The summed E-state index contributed by atoms with van der Waals surface area (Å²) in [7, 11) is 0. The Kier molecular flexibility index (Phi) is 17.5. The fraction of sp³-hybridized carbons (Fsp3) is 0.739. The van der Waals surface area contributed by atoms with Crippen LogP contribution in [-0.2, 0) is 0 Å². The molecule has 0 bridgehead atoms. The predicted molar refractivity (Wildman–Crippen MR) is 114 cm³/mol. The summed E-state index contributed by atoms with van der Waals surface area (Å²) < 4.78 is 0. The Bertz CT molecular complexity index is 373. The maximum atomic E-state index is 7.99. The van der Waals surface area contributed by atoms with Crippen molar-refractivity contribution in [1.82, 2.24) is 0 Å². The van der Waals surface area contributed by atoms with E-state index in [0.29, 0.717) is 17.9 Å². The van der Waals surface area contributed by atoms with Crippen LogP contribution in [0.4, 0.5) is 0 Å². The molecule has 0 amide bonds. The molecule has 2 nitrogen and oxygen atoms in total. The van der Waals surface area contributed by atoms with Crippen molar-refractivity contribution < 1.29 is 5.11 Å². The number of aliphatic hydroxyl groups is 1. The second kappa shape index (κ2) is 16.6. The van der Waals surface area contributed by atoms with Gasteiger partial charge in [0.15, 0.2) is 0 Å². The molecule has 0 aliphatic carbocycles. The normalized spacial score (nSPS) is 13.0. The van der Waals surface area contributed by atoms with Crippen LogP contribution < -0.4 is 5.73 Å². The third kappa shape index (κ3) is 13.1. The number of hydrogen-bond donors (Lipinski definition) is 2. The zero-order valence-electron chi connectivity index (χ0n) is 18.0. The van der Waals surface area contributed by atoms with Gasteiger partial charge in [-0.2, -0.15) is 0 Å². The molecule has 1 aromatic rings. The van der Waals surface area contributed by atoms with E-state index in [1.807, 2.05) is 0 Å². The van der Waals surface area contributed by atoms with Crippen molar-refractivity contribution in [2.45, 2.75) is 86.5 Å². The van der Waals surface area contributed by atoms with Crippen LogP contribution in [0.5, 0.6) is 0 Å². The second-order valence-corrected chi connectivity index (χ2v) is 7.59. The largest absolute Gasteiger partial charge is 0.396 e. The highest BCUT2D eigenvalue weighted by atomic mass is 16.2. The topological polar surface area (TPSA) is 46.2 Å². The first-order valence-electron chi connectivity index (χ1n) is 10.2. The Morgan fingerprint density at radius 2 is 1.52 bits per heavy atom. The summed E-state index contributed by atoms with van der Waals surface area (Å²) in [6, 6.07) is 11.0. The number of rotatable bonds is 8. The highest BCUT2D eigenvalue weighted by Crippen LogP contribution is 2.40. The summed E-state index contributed by atoms with van der Waals surface area (Å²) in [6.07, 6.45) is 5.78. The van der Waals surface area contributed by atoms with Gasteiger partial charge < -0.3 is 10.8 Å². The lowest BCUT2D eigenvalue weighted by atomic mass is 9.71. The van der Waals surface area contributed by atoms with Crippen LogP contribution in [0.25, 0.3) is 0 Å². The molecular formula is C23H45NO. The molecule has 0 saturated heterocycles. The van der Waals surface area contributed by atoms with Crippen molar-refractivity contribution in [3.63, 3.8) is 0 Å². The molecule has 0 spiro atoms. The minimum absolute atomic E-state index is 0.219. The summed E-state index contributed by atoms with van der Waals surface area (Å²) >= 11 is 0. The van der Waals surface area contributed by atoms with E-state index in [0.717, 1.165) is 12.3 Å². The molecule has 0 fully saturated rings. The quantitative estimate of drug-likeness (QED) is 0.570. The smallest absolute Gasteiger partial charge is 0.0443 e. The molecule has 0 aliphatic rings. The van der Waals surface area contributed by atoms with Crippen LogP contribution >= 0.6 is 0 Å². The van der Waals surface area contributed by atoms with E-state index in [9.17, 15) is 0 Å². The van der Waals surface area contributed by atoms with Crippen LogP contribution in [0, 0.1) is 11.3 Å². The van der Waals surface area contributed by atoms with Gasteiger partial charge in [0.25, 0.3) is 0 Å². The lowest BCUT2D eigenvalue weighted by Gasteiger charge is -2.35. The second-order valence-electron chi connectivity index (χ2n) is 7.59. The molecule has 25 heavy (non-hydrogen) atoms. The molecule has 0 heterocycles. The van der Waals surface area contributed by atoms with E-state index in [1.54, 1.807) is 0 Å². The molecule has 2 heteroatoms. The standard InChI is InChI=1S/C17H28.C3H9NO.C3H8/c1-6-14(3)17(4,5)13-15(7-2)16-11-9-8-10-12-16;4-2-1-3-5;1-3-2/h8-12,14-15H,6-7,13H2,1-5H3;5H,1-4H2;3H2,1-2H3. The molecule has 3 N–H and O–H groups in total. The third-order valence-corrected chi connectivity index (χ3v) is 4.84. The molecule has 0 radical (unpaired) electrons. The Morgan fingerprint density at radius 3 is 1.84 bits per heavy atom. The Morgan fingerprint density at radius 1 is 1.00 bits per heavy atom. The van der Waals surface area contributed by atoms with E-state index in [2.05, 4.69) is 78.8 Å². The Labute approximate surface area is 158 Å². The number of nitrogens with two attached hydrogens (primary N) is 1. The highest BCUT2D eigenvalue weighted by molar-refractivity contribution is 5.19. The van der Waals surface area contributed by atoms with E-state index < -0.39 is 0 Å². The third-order valence-electron chi connectivity index (χ3n) is 4.84. The number of benzene rings is 1. The molecule has 2 atom stereocenters. The minimum atomic E-state index is 0.219. The van der Waals surface area contributed by atoms with Gasteiger partial charge in [0.2, 0.25) is 0 Å². The predicted octanol–water partition coefficient (Wildman–Crippen LogP) is 6.39. The zero-order valence-corrected chi connectivity index (χ0v) is 18.0. The molecule has 0 aromatic heterocycles. The lowest BCUT2D eigenvalue weighted by molar-refractivity contribution is 0.188. The summed E-state index contributed by atoms with van der Waals surface area (Å²) in [5.41, 5.74) is 6.92. The number of hydrogen-bond acceptors (Lipinski definition) is 2. The van der Waals surface area contributed by atoms with Crippen molar-refractivity contribution in [1.29, 1.82) is 0 Å². The average Bonchev–Trinajstić information content (AvgIpc) is 2.61. The van der Waals surface area contributed by atoms with Crippen LogP contribution in [0.15, 0.2) is 30.3 Å². The fourth-order valence-corrected chi connectivity index (χ4v) is 2.70. The van der Waals surface area contributed by atoms with Crippen molar-refractivity contribution in [3.05, 3.63) is 35.9 Å². The summed E-state index contributed by atoms with van der Waals surface area (Å²) in [4.78, 5) is 0. The van der Waals surface area contributed by atoms with Gasteiger partial charge in [-0.15, -0.1) is 0 Å². The molecule has 0 saturated carbocycles. The monoisotopic (exact) mass is 351 g/mol. The lowest BCUT2D eigenvalue weighted by Crippen LogP contribution is -2.23. The van der Waals surface area contributed by atoms with Crippen LogP contribution in [-0.4, -0.2) is 18.3 Å². The first-order chi connectivity index (χ1) is 11.8. The van der Waals surface area contributed by atoms with Gasteiger partial charge in [-0.05, 0) is 48.6 Å².